The van der Waals surface area contributed by atoms with Gasteiger partial charge in [0.2, 0.25) is 5.95 Å². The third-order valence-electron chi connectivity index (χ3n) is 3.25. The van der Waals surface area contributed by atoms with E-state index in [0.29, 0.717) is 5.95 Å². The van der Waals surface area contributed by atoms with Crippen molar-refractivity contribution >= 4 is 39.0 Å². The summed E-state index contributed by atoms with van der Waals surface area (Å²) in [4.78, 5) is 13.1. The van der Waals surface area contributed by atoms with Gasteiger partial charge >= 0.3 is 0 Å². The highest BCUT2D eigenvalue weighted by atomic mass is 32.1. The van der Waals surface area contributed by atoms with Crippen molar-refractivity contribution in [1.29, 1.82) is 0 Å². The van der Waals surface area contributed by atoms with Crippen LogP contribution in [-0.4, -0.2) is 17.0 Å². The summed E-state index contributed by atoms with van der Waals surface area (Å²) in [6, 6.07) is 12.3. The summed E-state index contributed by atoms with van der Waals surface area (Å²) in [7, 11) is 2.00. The molecule has 0 aliphatic rings. The molecule has 0 saturated heterocycles. The minimum Gasteiger partial charge on any atom is -0.368 e. The first kappa shape index (κ1) is 12.9. The van der Waals surface area contributed by atoms with E-state index in [1.807, 2.05) is 30.1 Å². The van der Waals surface area contributed by atoms with Gasteiger partial charge in [0.1, 0.15) is 10.6 Å². The molecule has 0 radical (unpaired) electrons. The van der Waals surface area contributed by atoms with Crippen LogP contribution < -0.4 is 10.6 Å². The predicted molar refractivity (Wildman–Crippen MR) is 85.7 cm³/mol. The molecular formula is C15H16N4S. The molecule has 3 aromatic rings. The molecular weight excluding hydrogens is 268 g/mol. The Morgan fingerprint density at radius 3 is 2.65 bits per heavy atom. The van der Waals surface area contributed by atoms with Gasteiger partial charge in [0.25, 0.3) is 0 Å². The third kappa shape index (κ3) is 2.20. The molecule has 0 spiro atoms. The van der Waals surface area contributed by atoms with Crippen LogP contribution in [0.25, 0.3) is 10.2 Å². The number of nitrogens with zero attached hydrogens (tertiary/aromatic N) is 3. The summed E-state index contributed by atoms with van der Waals surface area (Å²) in [6.45, 7) is 2.14. The Morgan fingerprint density at radius 2 is 1.95 bits per heavy atom. The maximum atomic E-state index is 5.85. The summed E-state index contributed by atoms with van der Waals surface area (Å²) >= 11 is 1.68. The lowest BCUT2D eigenvalue weighted by atomic mass is 10.2. The Hall–Kier alpha value is -2.14. The van der Waals surface area contributed by atoms with Crippen LogP contribution in [0, 0.1) is 0 Å². The fraction of sp³-hybridized carbons (Fsp3) is 0.200. The maximum Gasteiger partial charge on any atom is 0.223 e. The largest absolute Gasteiger partial charge is 0.368 e. The van der Waals surface area contributed by atoms with Crippen LogP contribution in [-0.2, 0) is 6.42 Å². The zero-order valence-electron chi connectivity index (χ0n) is 11.5. The first-order valence-corrected chi connectivity index (χ1v) is 7.35. The van der Waals surface area contributed by atoms with Crippen LogP contribution in [0.1, 0.15) is 11.8 Å². The van der Waals surface area contributed by atoms with Gasteiger partial charge in [-0.15, -0.1) is 11.3 Å². The van der Waals surface area contributed by atoms with Gasteiger partial charge in [-0.05, 0) is 24.6 Å². The summed E-state index contributed by atoms with van der Waals surface area (Å²) < 4.78 is 0. The van der Waals surface area contributed by atoms with Gasteiger partial charge in [0, 0.05) is 17.6 Å². The van der Waals surface area contributed by atoms with Gasteiger partial charge in [-0.3, -0.25) is 0 Å². The Labute approximate surface area is 121 Å². The number of aryl methyl sites for hydroxylation is 1. The maximum absolute atomic E-state index is 5.85. The number of hydrogen-bond acceptors (Lipinski definition) is 5. The average molecular weight is 284 g/mol. The second kappa shape index (κ2) is 5.09. The van der Waals surface area contributed by atoms with Gasteiger partial charge in [-0.2, -0.15) is 4.98 Å². The van der Waals surface area contributed by atoms with Gasteiger partial charge in [0.05, 0.1) is 5.39 Å². The highest BCUT2D eigenvalue weighted by Crippen LogP contribution is 2.34. The van der Waals surface area contributed by atoms with Crippen molar-refractivity contribution in [3.63, 3.8) is 0 Å². The minimum atomic E-state index is 0.319. The molecule has 2 heterocycles. The van der Waals surface area contributed by atoms with Crippen LogP contribution in [0.3, 0.4) is 0 Å². The van der Waals surface area contributed by atoms with Crippen LogP contribution in [0.5, 0.6) is 0 Å². The molecule has 1 aromatic carbocycles. The smallest absolute Gasteiger partial charge is 0.223 e. The van der Waals surface area contributed by atoms with Gasteiger partial charge in [-0.25, -0.2) is 4.98 Å². The number of fused-ring (bicyclic) bond motifs is 1. The normalized spacial score (nSPS) is 10.9. The Bertz CT molecular complexity index is 736. The van der Waals surface area contributed by atoms with E-state index < -0.39 is 0 Å². The van der Waals surface area contributed by atoms with E-state index in [1.165, 1.54) is 4.88 Å². The number of thiophene rings is 1. The van der Waals surface area contributed by atoms with E-state index in [1.54, 1.807) is 11.3 Å². The molecule has 0 saturated carbocycles. The van der Waals surface area contributed by atoms with Gasteiger partial charge < -0.3 is 10.6 Å². The zero-order valence-corrected chi connectivity index (χ0v) is 12.3. The number of hydrogen-bond donors (Lipinski definition) is 1. The van der Waals surface area contributed by atoms with E-state index in [9.17, 15) is 0 Å². The minimum absolute atomic E-state index is 0.319. The molecule has 0 amide bonds. The monoisotopic (exact) mass is 284 g/mol. The van der Waals surface area contributed by atoms with Crippen molar-refractivity contribution in [1.82, 2.24) is 9.97 Å². The number of anilines is 3. The van der Waals surface area contributed by atoms with Crippen LogP contribution in [0.4, 0.5) is 17.5 Å². The molecule has 2 aromatic heterocycles. The summed E-state index contributed by atoms with van der Waals surface area (Å²) in [5.41, 5.74) is 6.93. The Kier molecular flexibility index (Phi) is 3.28. The topological polar surface area (TPSA) is 55.0 Å². The highest BCUT2D eigenvalue weighted by Gasteiger charge is 2.14. The van der Waals surface area contributed by atoms with Crippen molar-refractivity contribution in [3.05, 3.63) is 41.3 Å². The first-order valence-electron chi connectivity index (χ1n) is 6.53. The first-order chi connectivity index (χ1) is 9.69. The van der Waals surface area contributed by atoms with Crippen LogP contribution in [0.2, 0.25) is 0 Å². The van der Waals surface area contributed by atoms with E-state index in [-0.39, 0.29) is 0 Å². The van der Waals surface area contributed by atoms with Crippen molar-refractivity contribution in [2.24, 2.45) is 0 Å². The summed E-state index contributed by atoms with van der Waals surface area (Å²) in [5, 5.41) is 1.06. The lowest BCUT2D eigenvalue weighted by Gasteiger charge is -2.19. The summed E-state index contributed by atoms with van der Waals surface area (Å²) in [6.07, 6.45) is 0.995. The summed E-state index contributed by atoms with van der Waals surface area (Å²) in [5.74, 6) is 1.18. The Morgan fingerprint density at radius 1 is 1.20 bits per heavy atom. The van der Waals surface area contributed by atoms with E-state index >= 15 is 0 Å². The van der Waals surface area contributed by atoms with Crippen molar-refractivity contribution < 1.29 is 0 Å². The van der Waals surface area contributed by atoms with E-state index in [0.717, 1.165) is 28.1 Å². The van der Waals surface area contributed by atoms with E-state index in [4.69, 9.17) is 5.73 Å². The predicted octanol–water partition coefficient (Wildman–Crippen LogP) is 3.60. The standard InChI is InChI=1S/C15H16N4S/c1-3-11-9-12-13(17-15(16)18-14(12)20-11)19(2)10-7-5-4-6-8-10/h4-9H,3H2,1-2H3,(H2,16,17,18). The Balaban J connectivity index is 2.17. The average Bonchev–Trinajstić information content (AvgIpc) is 2.89. The number of benzene rings is 1. The van der Waals surface area contributed by atoms with Gasteiger partial charge in [-0.1, -0.05) is 25.1 Å². The molecule has 3 rings (SSSR count). The number of nitrogen functional groups attached to an aromatic ring is 1. The van der Waals surface area contributed by atoms with Crippen molar-refractivity contribution in [2.75, 3.05) is 17.7 Å². The molecule has 0 aliphatic carbocycles. The molecule has 4 nitrogen and oxygen atoms in total. The van der Waals surface area contributed by atoms with Crippen molar-refractivity contribution in [2.45, 2.75) is 13.3 Å². The molecule has 5 heteroatoms. The fourth-order valence-electron chi connectivity index (χ4n) is 2.18. The molecule has 0 atom stereocenters. The second-order valence-electron chi connectivity index (χ2n) is 4.59. The number of nitrogens with two attached hydrogens (primary N) is 1. The SMILES string of the molecule is CCc1cc2c(N(C)c3ccccc3)nc(N)nc2s1. The number of aromatic nitrogens is 2. The lowest BCUT2D eigenvalue weighted by molar-refractivity contribution is 1.12. The third-order valence-corrected chi connectivity index (χ3v) is 4.42. The zero-order chi connectivity index (χ0) is 14.1. The second-order valence-corrected chi connectivity index (χ2v) is 5.70. The fourth-order valence-corrected chi connectivity index (χ4v) is 3.14. The molecule has 102 valence electrons. The van der Waals surface area contributed by atoms with Crippen molar-refractivity contribution in [3.8, 4) is 0 Å². The number of rotatable bonds is 3. The van der Waals surface area contributed by atoms with E-state index in [2.05, 4.69) is 35.1 Å². The molecule has 0 unspecified atom stereocenters. The molecule has 0 bridgehead atoms. The molecule has 0 aliphatic heterocycles. The lowest BCUT2D eigenvalue weighted by Crippen LogP contribution is -2.12. The molecule has 2 N–H and O–H groups in total. The molecule has 0 fully saturated rings. The quantitative estimate of drug-likeness (QED) is 0.798. The molecule has 20 heavy (non-hydrogen) atoms. The number of para-hydroxylation sites is 1. The van der Waals surface area contributed by atoms with Gasteiger partial charge in [0.15, 0.2) is 0 Å². The highest BCUT2D eigenvalue weighted by molar-refractivity contribution is 7.18. The van der Waals surface area contributed by atoms with Crippen LogP contribution in [0.15, 0.2) is 36.4 Å². The van der Waals surface area contributed by atoms with Crippen LogP contribution >= 0.6 is 11.3 Å².